The number of ketones is 1. The predicted octanol–water partition coefficient (Wildman–Crippen LogP) is 4.65. The smallest absolute Gasteiger partial charge is 0.202 e. The average molecular weight is 289 g/mol. The van der Waals surface area contributed by atoms with E-state index in [1.807, 2.05) is 18.2 Å². The van der Waals surface area contributed by atoms with Crippen molar-refractivity contribution in [2.45, 2.75) is 6.42 Å². The van der Waals surface area contributed by atoms with Crippen LogP contribution in [0.5, 0.6) is 0 Å². The van der Waals surface area contributed by atoms with Crippen molar-refractivity contribution in [1.82, 2.24) is 0 Å². The Labute approximate surface area is 119 Å². The summed E-state index contributed by atoms with van der Waals surface area (Å²) in [5.41, 5.74) is 0.908. The monoisotopic (exact) mass is 288 g/mol. The lowest BCUT2D eigenvalue weighted by atomic mass is 10.1. The van der Waals surface area contributed by atoms with Crippen LogP contribution in [0.4, 0.5) is 4.39 Å². The van der Waals surface area contributed by atoms with E-state index in [2.05, 4.69) is 0 Å². The molecule has 0 spiro atoms. The molecule has 0 saturated heterocycles. The SMILES string of the molecule is O=C(Cc1cccc(Cl)c1F)c1cc2ccccc2o1. The van der Waals surface area contributed by atoms with Gasteiger partial charge < -0.3 is 4.42 Å². The molecule has 0 bridgehead atoms. The van der Waals surface area contributed by atoms with E-state index in [9.17, 15) is 9.18 Å². The third kappa shape index (κ3) is 2.32. The zero-order valence-electron chi connectivity index (χ0n) is 10.4. The molecule has 0 aliphatic rings. The molecule has 20 heavy (non-hydrogen) atoms. The second kappa shape index (κ2) is 5.10. The molecular weight excluding hydrogens is 279 g/mol. The highest BCUT2D eigenvalue weighted by Crippen LogP contribution is 2.22. The highest BCUT2D eigenvalue weighted by atomic mass is 35.5. The first-order chi connectivity index (χ1) is 9.65. The number of hydrogen-bond acceptors (Lipinski definition) is 2. The van der Waals surface area contributed by atoms with Gasteiger partial charge in [0, 0.05) is 11.8 Å². The number of carbonyl (C=O) groups is 1. The molecule has 0 radical (unpaired) electrons. The third-order valence-corrected chi connectivity index (χ3v) is 3.37. The Morgan fingerprint density at radius 1 is 1.15 bits per heavy atom. The number of fused-ring (bicyclic) bond motifs is 1. The van der Waals surface area contributed by atoms with Crippen LogP contribution in [0.15, 0.2) is 52.9 Å². The molecule has 0 atom stereocenters. The van der Waals surface area contributed by atoms with Gasteiger partial charge in [0.1, 0.15) is 11.4 Å². The first-order valence-corrected chi connectivity index (χ1v) is 6.47. The Hall–Kier alpha value is -2.13. The quantitative estimate of drug-likeness (QED) is 0.657. The minimum atomic E-state index is -0.557. The van der Waals surface area contributed by atoms with Gasteiger partial charge in [-0.2, -0.15) is 0 Å². The topological polar surface area (TPSA) is 30.2 Å². The van der Waals surface area contributed by atoms with Gasteiger partial charge in [-0.05, 0) is 23.8 Å². The molecule has 0 saturated carbocycles. The Morgan fingerprint density at radius 2 is 1.95 bits per heavy atom. The molecule has 0 aliphatic heterocycles. The summed E-state index contributed by atoms with van der Waals surface area (Å²) in [6.45, 7) is 0. The standard InChI is InChI=1S/C16H10ClFO2/c17-12-6-3-5-11(16(12)18)8-13(19)15-9-10-4-1-2-7-14(10)20-15/h1-7,9H,8H2. The zero-order valence-corrected chi connectivity index (χ0v) is 11.2. The molecule has 0 amide bonds. The molecule has 0 N–H and O–H groups in total. The highest BCUT2D eigenvalue weighted by Gasteiger charge is 2.16. The molecule has 3 aromatic rings. The number of hydrogen-bond donors (Lipinski definition) is 0. The van der Waals surface area contributed by atoms with Crippen molar-refractivity contribution >= 4 is 28.4 Å². The maximum Gasteiger partial charge on any atom is 0.202 e. The zero-order chi connectivity index (χ0) is 14.1. The Bertz CT molecular complexity index is 759. The summed E-state index contributed by atoms with van der Waals surface area (Å²) >= 11 is 5.70. The van der Waals surface area contributed by atoms with Crippen LogP contribution in [-0.4, -0.2) is 5.78 Å². The highest BCUT2D eigenvalue weighted by molar-refractivity contribution is 6.30. The number of furan rings is 1. The summed E-state index contributed by atoms with van der Waals surface area (Å²) in [5.74, 6) is -0.605. The minimum absolute atomic E-state index is 0.0138. The van der Waals surface area contributed by atoms with Crippen LogP contribution in [0.3, 0.4) is 0 Å². The summed E-state index contributed by atoms with van der Waals surface area (Å²) in [6.07, 6.45) is -0.0772. The lowest BCUT2D eigenvalue weighted by Crippen LogP contribution is -2.04. The fourth-order valence-electron chi connectivity index (χ4n) is 2.06. The normalized spacial score (nSPS) is 10.9. The van der Waals surface area contributed by atoms with Gasteiger partial charge in [0.05, 0.1) is 5.02 Å². The number of carbonyl (C=O) groups excluding carboxylic acids is 1. The summed E-state index contributed by atoms with van der Waals surface area (Å²) in [4.78, 5) is 12.1. The Kier molecular flexibility index (Phi) is 3.28. The third-order valence-electron chi connectivity index (χ3n) is 3.08. The molecule has 3 rings (SSSR count). The van der Waals surface area contributed by atoms with Crippen molar-refractivity contribution in [2.75, 3.05) is 0 Å². The van der Waals surface area contributed by atoms with Crippen LogP contribution < -0.4 is 0 Å². The van der Waals surface area contributed by atoms with E-state index >= 15 is 0 Å². The van der Waals surface area contributed by atoms with Gasteiger partial charge >= 0.3 is 0 Å². The Balaban J connectivity index is 1.91. The Morgan fingerprint density at radius 3 is 2.75 bits per heavy atom. The van der Waals surface area contributed by atoms with Crippen molar-refractivity contribution in [1.29, 1.82) is 0 Å². The van der Waals surface area contributed by atoms with E-state index in [-0.39, 0.29) is 28.6 Å². The van der Waals surface area contributed by atoms with Crippen molar-refractivity contribution < 1.29 is 13.6 Å². The van der Waals surface area contributed by atoms with Gasteiger partial charge in [0.2, 0.25) is 5.78 Å². The van der Waals surface area contributed by atoms with E-state index in [0.29, 0.717) is 5.58 Å². The molecular formula is C16H10ClFO2. The lowest BCUT2D eigenvalue weighted by Gasteiger charge is -2.02. The van der Waals surface area contributed by atoms with Gasteiger partial charge in [0.15, 0.2) is 5.76 Å². The maximum atomic E-state index is 13.8. The van der Waals surface area contributed by atoms with Crippen LogP contribution in [0.2, 0.25) is 5.02 Å². The second-order valence-corrected chi connectivity index (χ2v) is 4.87. The van der Waals surface area contributed by atoms with Crippen LogP contribution in [0.1, 0.15) is 16.1 Å². The molecule has 0 fully saturated rings. The van der Waals surface area contributed by atoms with Crippen LogP contribution >= 0.6 is 11.6 Å². The molecule has 4 heteroatoms. The number of halogens is 2. The first-order valence-electron chi connectivity index (χ1n) is 6.10. The fourth-order valence-corrected chi connectivity index (χ4v) is 2.26. The maximum absolute atomic E-state index is 13.8. The summed E-state index contributed by atoms with van der Waals surface area (Å²) < 4.78 is 19.2. The molecule has 0 unspecified atom stereocenters. The number of rotatable bonds is 3. The average Bonchev–Trinajstić information content (AvgIpc) is 2.88. The fraction of sp³-hybridized carbons (Fsp3) is 0.0625. The molecule has 2 aromatic carbocycles. The minimum Gasteiger partial charge on any atom is -0.453 e. The molecule has 2 nitrogen and oxygen atoms in total. The van der Waals surface area contributed by atoms with Crippen molar-refractivity contribution in [3.05, 3.63) is 70.7 Å². The number of benzene rings is 2. The number of para-hydroxylation sites is 1. The molecule has 1 heterocycles. The van der Waals surface area contributed by atoms with Gasteiger partial charge in [0.25, 0.3) is 0 Å². The molecule has 1 aromatic heterocycles. The first kappa shape index (κ1) is 12.9. The van der Waals surface area contributed by atoms with E-state index in [0.717, 1.165) is 5.39 Å². The summed E-state index contributed by atoms with van der Waals surface area (Å²) in [6, 6.07) is 13.6. The van der Waals surface area contributed by atoms with Gasteiger partial charge in [-0.1, -0.05) is 41.9 Å². The van der Waals surface area contributed by atoms with Crippen molar-refractivity contribution in [2.24, 2.45) is 0 Å². The molecule has 100 valence electrons. The second-order valence-electron chi connectivity index (χ2n) is 4.46. The van der Waals surface area contributed by atoms with E-state index in [1.165, 1.54) is 6.07 Å². The van der Waals surface area contributed by atoms with Crippen molar-refractivity contribution in [3.63, 3.8) is 0 Å². The number of Topliss-reactive ketones (excluding diaryl/α,β-unsaturated/α-hetero) is 1. The summed E-state index contributed by atoms with van der Waals surface area (Å²) in [7, 11) is 0. The van der Waals surface area contributed by atoms with Gasteiger partial charge in [-0.15, -0.1) is 0 Å². The lowest BCUT2D eigenvalue weighted by molar-refractivity contribution is 0.0967. The summed E-state index contributed by atoms with van der Waals surface area (Å²) in [5, 5.41) is 0.863. The largest absolute Gasteiger partial charge is 0.453 e. The van der Waals surface area contributed by atoms with Crippen LogP contribution in [0, 0.1) is 5.82 Å². The van der Waals surface area contributed by atoms with Crippen molar-refractivity contribution in [3.8, 4) is 0 Å². The van der Waals surface area contributed by atoms with Crippen LogP contribution in [-0.2, 0) is 6.42 Å². The van der Waals surface area contributed by atoms with Crippen LogP contribution in [0.25, 0.3) is 11.0 Å². The van der Waals surface area contributed by atoms with E-state index in [1.54, 1.807) is 24.3 Å². The molecule has 0 aliphatic carbocycles. The van der Waals surface area contributed by atoms with E-state index < -0.39 is 5.82 Å². The van der Waals surface area contributed by atoms with Gasteiger partial charge in [-0.25, -0.2) is 4.39 Å². The van der Waals surface area contributed by atoms with Gasteiger partial charge in [-0.3, -0.25) is 4.79 Å². The predicted molar refractivity (Wildman–Crippen MR) is 75.7 cm³/mol. The van der Waals surface area contributed by atoms with E-state index in [4.69, 9.17) is 16.0 Å².